The molecule has 1 saturated heterocycles. The Morgan fingerprint density at radius 1 is 1.30 bits per heavy atom. The van der Waals surface area contributed by atoms with Crippen LogP contribution in [0.2, 0.25) is 10.0 Å². The van der Waals surface area contributed by atoms with Crippen molar-refractivity contribution < 1.29 is 9.53 Å². The van der Waals surface area contributed by atoms with Crippen molar-refractivity contribution in [2.24, 2.45) is 5.11 Å². The molecule has 2 aromatic heterocycles. The number of aryl methyl sites for hydroxylation is 1. The number of halogens is 2. The minimum Gasteiger partial charge on any atom is -0.378 e. The first-order chi connectivity index (χ1) is 14.5. The Balaban J connectivity index is 1.92. The van der Waals surface area contributed by atoms with Crippen LogP contribution >= 0.6 is 23.2 Å². The average molecular weight is 446 g/mol. The minimum atomic E-state index is -0.189. The number of ether oxygens (including phenoxy) is 1. The van der Waals surface area contributed by atoms with Gasteiger partial charge in [0.1, 0.15) is 5.69 Å². The zero-order chi connectivity index (χ0) is 21.3. The molecule has 11 heteroatoms. The van der Waals surface area contributed by atoms with Gasteiger partial charge in [-0.3, -0.25) is 9.20 Å². The van der Waals surface area contributed by atoms with E-state index in [9.17, 15) is 4.79 Å². The maximum atomic E-state index is 12.9. The van der Waals surface area contributed by atoms with Crippen molar-refractivity contribution in [1.82, 2.24) is 19.3 Å². The number of aromatic nitrogens is 3. The molecule has 154 valence electrons. The van der Waals surface area contributed by atoms with Gasteiger partial charge in [0.15, 0.2) is 0 Å². The summed E-state index contributed by atoms with van der Waals surface area (Å²) in [5.41, 5.74) is 11.7. The fourth-order valence-electron chi connectivity index (χ4n) is 3.45. The monoisotopic (exact) mass is 445 g/mol. The number of rotatable bonds is 4. The Kier molecular flexibility index (Phi) is 5.78. The van der Waals surface area contributed by atoms with Crippen LogP contribution in [0, 0.1) is 6.92 Å². The second kappa shape index (κ2) is 8.49. The number of hydrogen-bond acceptors (Lipinski definition) is 5. The number of carbonyl (C=O) groups excluding carboxylic acids is 1. The molecule has 0 aliphatic carbocycles. The van der Waals surface area contributed by atoms with E-state index in [0.717, 1.165) is 0 Å². The maximum absolute atomic E-state index is 12.9. The van der Waals surface area contributed by atoms with E-state index < -0.39 is 0 Å². The molecule has 9 nitrogen and oxygen atoms in total. The van der Waals surface area contributed by atoms with Gasteiger partial charge in [0.25, 0.3) is 5.91 Å². The summed E-state index contributed by atoms with van der Waals surface area (Å²) in [5.74, 6) is 0.168. The summed E-state index contributed by atoms with van der Waals surface area (Å²) in [7, 11) is 0. The smallest absolute Gasteiger partial charge is 0.274 e. The highest BCUT2D eigenvalue weighted by molar-refractivity contribution is 6.36. The lowest BCUT2D eigenvalue weighted by atomic mass is 10.0. The van der Waals surface area contributed by atoms with E-state index in [0.29, 0.717) is 64.6 Å². The van der Waals surface area contributed by atoms with Gasteiger partial charge in [-0.25, -0.2) is 9.97 Å². The number of benzene rings is 1. The highest BCUT2D eigenvalue weighted by atomic mass is 35.5. The number of amides is 1. The van der Waals surface area contributed by atoms with Crippen LogP contribution in [0.3, 0.4) is 0 Å². The van der Waals surface area contributed by atoms with Crippen molar-refractivity contribution >= 4 is 34.9 Å². The van der Waals surface area contributed by atoms with Gasteiger partial charge in [0.05, 0.1) is 30.5 Å². The Bertz CT molecular complexity index is 1180. The molecule has 3 heterocycles. The molecule has 0 spiro atoms. The number of hydrogen-bond donors (Lipinski definition) is 0. The lowest BCUT2D eigenvalue weighted by molar-refractivity contribution is 0.0299. The predicted molar refractivity (Wildman–Crippen MR) is 113 cm³/mol. The van der Waals surface area contributed by atoms with E-state index in [2.05, 4.69) is 20.0 Å². The van der Waals surface area contributed by atoms with Gasteiger partial charge >= 0.3 is 0 Å². The molecule has 3 aromatic rings. The van der Waals surface area contributed by atoms with E-state index in [1.807, 2.05) is 0 Å². The van der Waals surface area contributed by atoms with Gasteiger partial charge in [-0.2, -0.15) is 0 Å². The van der Waals surface area contributed by atoms with Crippen LogP contribution in [0.25, 0.3) is 27.5 Å². The third-order valence-electron chi connectivity index (χ3n) is 4.91. The fraction of sp³-hybridized carbons (Fsp3) is 0.316. The van der Waals surface area contributed by atoms with Crippen molar-refractivity contribution in [3.05, 3.63) is 61.8 Å². The topological polar surface area (TPSA) is 108 Å². The normalized spacial score (nSPS) is 14.0. The van der Waals surface area contributed by atoms with Crippen LogP contribution < -0.4 is 0 Å². The van der Waals surface area contributed by atoms with Crippen LogP contribution in [-0.4, -0.2) is 51.5 Å². The first kappa shape index (κ1) is 20.4. The van der Waals surface area contributed by atoms with Crippen molar-refractivity contribution in [3.8, 4) is 11.3 Å². The number of carbonyl (C=O) groups is 1. The van der Waals surface area contributed by atoms with Gasteiger partial charge in [0.2, 0.25) is 5.78 Å². The summed E-state index contributed by atoms with van der Waals surface area (Å²) in [6.07, 6.45) is 1.64. The van der Waals surface area contributed by atoms with E-state index in [-0.39, 0.29) is 18.1 Å². The summed E-state index contributed by atoms with van der Waals surface area (Å²) in [4.78, 5) is 26.5. The molecule has 0 atom stereocenters. The predicted octanol–water partition coefficient (Wildman–Crippen LogP) is 4.29. The lowest BCUT2D eigenvalue weighted by Gasteiger charge is -2.25. The number of fused-ring (bicyclic) bond motifs is 1. The van der Waals surface area contributed by atoms with Crippen molar-refractivity contribution in [1.29, 1.82) is 0 Å². The van der Waals surface area contributed by atoms with E-state index in [1.165, 1.54) is 0 Å². The summed E-state index contributed by atoms with van der Waals surface area (Å²) in [6.45, 7) is 3.89. The Morgan fingerprint density at radius 3 is 2.77 bits per heavy atom. The summed E-state index contributed by atoms with van der Waals surface area (Å²) >= 11 is 12.5. The first-order valence-electron chi connectivity index (χ1n) is 9.21. The van der Waals surface area contributed by atoms with Gasteiger partial charge in [-0.05, 0) is 30.7 Å². The van der Waals surface area contributed by atoms with E-state index in [1.54, 1.807) is 40.6 Å². The number of azide groups is 1. The number of imidazole rings is 1. The summed E-state index contributed by atoms with van der Waals surface area (Å²) < 4.78 is 7.02. The van der Waals surface area contributed by atoms with Crippen LogP contribution in [0.4, 0.5) is 0 Å². The molecule has 0 N–H and O–H groups in total. The zero-order valence-electron chi connectivity index (χ0n) is 16.0. The molecule has 1 aliphatic heterocycles. The van der Waals surface area contributed by atoms with Crippen LogP contribution in [0.5, 0.6) is 0 Å². The van der Waals surface area contributed by atoms with Gasteiger partial charge in [-0.15, -0.1) is 0 Å². The molecule has 30 heavy (non-hydrogen) atoms. The highest BCUT2D eigenvalue weighted by Crippen LogP contribution is 2.34. The Hall–Kier alpha value is -2.84. The van der Waals surface area contributed by atoms with E-state index in [4.69, 9.17) is 33.5 Å². The first-order valence-corrected chi connectivity index (χ1v) is 9.97. The SMILES string of the molecule is Cc1nc2nc(C(=O)N3CCOCC3)cn2c(-c2ccc(Cl)cc2Cl)c1CN=[N+]=[N-]. The van der Waals surface area contributed by atoms with Crippen molar-refractivity contribution in [2.75, 3.05) is 26.3 Å². The fourth-order valence-corrected chi connectivity index (χ4v) is 3.94. The Morgan fingerprint density at radius 2 is 2.07 bits per heavy atom. The molecule has 0 saturated carbocycles. The molecule has 1 aromatic carbocycles. The van der Waals surface area contributed by atoms with Gasteiger partial charge in [0, 0.05) is 46.0 Å². The second-order valence-electron chi connectivity index (χ2n) is 6.74. The van der Waals surface area contributed by atoms with Gasteiger partial charge in [-0.1, -0.05) is 28.3 Å². The lowest BCUT2D eigenvalue weighted by Crippen LogP contribution is -2.40. The van der Waals surface area contributed by atoms with Crippen LogP contribution in [0.15, 0.2) is 29.5 Å². The molecule has 0 bridgehead atoms. The Labute approximate surface area is 181 Å². The molecule has 1 aliphatic rings. The molecular weight excluding hydrogens is 429 g/mol. The van der Waals surface area contributed by atoms with Crippen LogP contribution in [0.1, 0.15) is 21.7 Å². The van der Waals surface area contributed by atoms with Crippen molar-refractivity contribution in [3.63, 3.8) is 0 Å². The third kappa shape index (κ3) is 3.80. The molecule has 1 fully saturated rings. The average Bonchev–Trinajstić information content (AvgIpc) is 3.16. The standard InChI is InChI=1S/C19H17Cl2N7O2/c1-11-14(9-23-26-22)17(13-3-2-12(20)8-15(13)21)28-10-16(25-19(28)24-11)18(29)27-4-6-30-7-5-27/h2-3,8,10H,4-7,9H2,1H3. The zero-order valence-corrected chi connectivity index (χ0v) is 17.6. The quantitative estimate of drug-likeness (QED) is 0.338. The summed E-state index contributed by atoms with van der Waals surface area (Å²) in [5, 5.41) is 4.63. The third-order valence-corrected chi connectivity index (χ3v) is 5.46. The van der Waals surface area contributed by atoms with Crippen molar-refractivity contribution in [2.45, 2.75) is 13.5 Å². The highest BCUT2D eigenvalue weighted by Gasteiger charge is 2.24. The van der Waals surface area contributed by atoms with Gasteiger partial charge < -0.3 is 9.64 Å². The van der Waals surface area contributed by atoms with Crippen LogP contribution in [-0.2, 0) is 11.3 Å². The van der Waals surface area contributed by atoms with E-state index >= 15 is 0 Å². The minimum absolute atomic E-state index is 0.0739. The molecular formula is C19H17Cl2N7O2. The molecule has 0 unspecified atom stereocenters. The summed E-state index contributed by atoms with van der Waals surface area (Å²) in [6, 6.07) is 5.13. The molecule has 4 rings (SSSR count). The largest absolute Gasteiger partial charge is 0.378 e. The molecule has 0 radical (unpaired) electrons. The maximum Gasteiger partial charge on any atom is 0.274 e. The second-order valence-corrected chi connectivity index (χ2v) is 7.58. The number of morpholine rings is 1. The molecule has 1 amide bonds. The number of nitrogens with zero attached hydrogens (tertiary/aromatic N) is 7.